The Balaban J connectivity index is 2.34. The third-order valence-corrected chi connectivity index (χ3v) is 6.55. The van der Waals surface area contributed by atoms with Crippen molar-refractivity contribution in [1.82, 2.24) is 25.8 Å². The van der Waals surface area contributed by atoms with Crippen LogP contribution in [0.15, 0.2) is 0 Å². The van der Waals surface area contributed by atoms with Crippen LogP contribution in [0.3, 0.4) is 0 Å². The average Bonchev–Trinajstić information content (AvgIpc) is 3.22. The van der Waals surface area contributed by atoms with Crippen LogP contribution in [0.1, 0.15) is 75.2 Å². The minimum Gasteiger partial charge on any atom is -0.444 e. The highest BCUT2D eigenvalue weighted by molar-refractivity contribution is 5.93. The predicted octanol–water partition coefficient (Wildman–Crippen LogP) is 1.91. The van der Waals surface area contributed by atoms with Crippen molar-refractivity contribution in [3.05, 3.63) is 0 Å². The van der Waals surface area contributed by atoms with E-state index in [0.29, 0.717) is 13.0 Å². The number of hydrogen-bond donors (Lipinski definition) is 3. The molecule has 0 radical (unpaired) electrons. The molecule has 2 fully saturated rings. The molecular weight excluding hydrogens is 532 g/mol. The molecular formula is C28H46N6O7. The van der Waals surface area contributed by atoms with Gasteiger partial charge in [0.15, 0.2) is 0 Å². The fourth-order valence-corrected chi connectivity index (χ4v) is 4.57. The van der Waals surface area contributed by atoms with Crippen LogP contribution in [0, 0.1) is 22.7 Å². The summed E-state index contributed by atoms with van der Waals surface area (Å²) >= 11 is 0. The SMILES string of the molecule is CC(C)(C)OC(=O)N[C@H](C(=O)N1CCN(C(=O)OC(C)(C)C)CC1C(=O)N[C@@H](C#N)C[C@@H]1CCNC1=O)C(C)(C)C. The number of nitrogens with zero attached hydrogens (tertiary/aromatic N) is 3. The Morgan fingerprint density at radius 2 is 1.61 bits per heavy atom. The fraction of sp³-hybridized carbons (Fsp3) is 0.786. The summed E-state index contributed by atoms with van der Waals surface area (Å²) < 4.78 is 10.9. The third kappa shape index (κ3) is 10.1. The molecule has 13 heteroatoms. The lowest BCUT2D eigenvalue weighted by Gasteiger charge is -2.43. The molecule has 0 aliphatic carbocycles. The number of hydrogen-bond acceptors (Lipinski definition) is 8. The molecule has 2 heterocycles. The summed E-state index contributed by atoms with van der Waals surface area (Å²) in [6.07, 6.45) is -0.744. The second-order valence-corrected chi connectivity index (χ2v) is 13.6. The van der Waals surface area contributed by atoms with Gasteiger partial charge in [-0.2, -0.15) is 5.26 Å². The molecule has 0 aromatic carbocycles. The van der Waals surface area contributed by atoms with Crippen molar-refractivity contribution in [3.63, 3.8) is 0 Å². The first-order valence-corrected chi connectivity index (χ1v) is 14.0. The van der Waals surface area contributed by atoms with Crippen molar-refractivity contribution >= 4 is 29.9 Å². The number of piperazine rings is 1. The van der Waals surface area contributed by atoms with Crippen LogP contribution < -0.4 is 16.0 Å². The van der Waals surface area contributed by atoms with Crippen LogP contribution in [0.5, 0.6) is 0 Å². The van der Waals surface area contributed by atoms with Gasteiger partial charge in [0.05, 0.1) is 12.6 Å². The van der Waals surface area contributed by atoms with Crippen molar-refractivity contribution in [3.8, 4) is 6.07 Å². The molecule has 4 atom stereocenters. The number of carbonyl (C=O) groups excluding carboxylic acids is 5. The van der Waals surface area contributed by atoms with E-state index < -0.39 is 64.7 Å². The molecule has 2 aliphatic rings. The molecule has 230 valence electrons. The van der Waals surface area contributed by atoms with Crippen molar-refractivity contribution in [2.75, 3.05) is 26.2 Å². The van der Waals surface area contributed by atoms with Gasteiger partial charge in [0.2, 0.25) is 17.7 Å². The van der Waals surface area contributed by atoms with Gasteiger partial charge in [0.25, 0.3) is 0 Å². The number of ether oxygens (including phenoxy) is 2. The summed E-state index contributed by atoms with van der Waals surface area (Å²) in [5.41, 5.74) is -2.33. The summed E-state index contributed by atoms with van der Waals surface area (Å²) in [6.45, 7) is 16.0. The average molecular weight is 579 g/mol. The largest absolute Gasteiger partial charge is 0.444 e. The van der Waals surface area contributed by atoms with Crippen LogP contribution in [0.4, 0.5) is 9.59 Å². The van der Waals surface area contributed by atoms with Gasteiger partial charge in [-0.05, 0) is 59.8 Å². The predicted molar refractivity (Wildman–Crippen MR) is 149 cm³/mol. The molecule has 5 amide bonds. The van der Waals surface area contributed by atoms with Gasteiger partial charge in [0, 0.05) is 25.6 Å². The van der Waals surface area contributed by atoms with E-state index in [9.17, 15) is 29.2 Å². The first-order chi connectivity index (χ1) is 18.7. The zero-order valence-corrected chi connectivity index (χ0v) is 25.8. The minimum atomic E-state index is -1.18. The summed E-state index contributed by atoms with van der Waals surface area (Å²) in [5.74, 6) is -1.77. The van der Waals surface area contributed by atoms with Gasteiger partial charge < -0.3 is 35.2 Å². The third-order valence-electron chi connectivity index (χ3n) is 6.55. The van der Waals surface area contributed by atoms with E-state index in [1.54, 1.807) is 62.3 Å². The molecule has 2 rings (SSSR count). The normalized spacial score (nSPS) is 21.2. The number of carbonyl (C=O) groups is 5. The van der Waals surface area contributed by atoms with Gasteiger partial charge in [-0.15, -0.1) is 0 Å². The Kier molecular flexibility index (Phi) is 10.6. The number of nitriles is 1. The Labute approximate surface area is 242 Å². The van der Waals surface area contributed by atoms with E-state index in [2.05, 4.69) is 16.0 Å². The fourth-order valence-electron chi connectivity index (χ4n) is 4.57. The number of alkyl carbamates (subject to hydrolysis) is 1. The van der Waals surface area contributed by atoms with Crippen molar-refractivity contribution in [2.45, 2.75) is 104 Å². The number of nitrogens with one attached hydrogen (secondary N) is 3. The standard InChI is InChI=1S/C28H46N6O7/c1-26(2,3)20(32-24(38)40-27(4,5)6)23(37)34-13-12-33(25(39)41-28(7,8)9)16-19(34)22(36)31-18(15-29)14-17-10-11-30-21(17)35/h17-20H,10-14,16H2,1-9H3,(H,30,35)(H,31,36)(H,32,38)/t17-,18+,19?,20+/m0/s1. The summed E-state index contributed by atoms with van der Waals surface area (Å²) in [7, 11) is 0. The van der Waals surface area contributed by atoms with Gasteiger partial charge in [0.1, 0.15) is 29.3 Å². The highest BCUT2D eigenvalue weighted by atomic mass is 16.6. The van der Waals surface area contributed by atoms with E-state index in [-0.39, 0.29) is 32.0 Å². The quantitative estimate of drug-likeness (QED) is 0.429. The number of rotatable bonds is 6. The zero-order chi connectivity index (χ0) is 31.3. The first kappa shape index (κ1) is 33.6. The van der Waals surface area contributed by atoms with Crippen LogP contribution >= 0.6 is 0 Å². The van der Waals surface area contributed by atoms with Gasteiger partial charge in [-0.25, -0.2) is 9.59 Å². The van der Waals surface area contributed by atoms with Crippen LogP contribution in [-0.2, 0) is 23.9 Å². The maximum absolute atomic E-state index is 14.0. The Hall–Kier alpha value is -3.56. The van der Waals surface area contributed by atoms with Crippen LogP contribution in [-0.4, -0.2) is 95.2 Å². The minimum absolute atomic E-state index is 0.0129. The lowest BCUT2D eigenvalue weighted by atomic mass is 9.85. The highest BCUT2D eigenvalue weighted by Gasteiger charge is 2.44. The molecule has 0 aromatic heterocycles. The lowest BCUT2D eigenvalue weighted by Crippen LogP contribution is -2.66. The molecule has 13 nitrogen and oxygen atoms in total. The van der Waals surface area contributed by atoms with E-state index >= 15 is 0 Å². The van der Waals surface area contributed by atoms with E-state index in [0.717, 1.165) is 0 Å². The molecule has 41 heavy (non-hydrogen) atoms. The van der Waals surface area contributed by atoms with Crippen molar-refractivity contribution in [2.24, 2.45) is 11.3 Å². The van der Waals surface area contributed by atoms with Crippen LogP contribution in [0.2, 0.25) is 0 Å². The molecule has 2 saturated heterocycles. The summed E-state index contributed by atoms with van der Waals surface area (Å²) in [5, 5.41) is 17.8. The van der Waals surface area contributed by atoms with E-state index in [1.807, 2.05) is 6.07 Å². The monoisotopic (exact) mass is 578 g/mol. The second-order valence-electron chi connectivity index (χ2n) is 13.6. The van der Waals surface area contributed by atoms with E-state index in [1.165, 1.54) is 9.80 Å². The number of amides is 5. The van der Waals surface area contributed by atoms with Crippen LogP contribution in [0.25, 0.3) is 0 Å². The van der Waals surface area contributed by atoms with Gasteiger partial charge >= 0.3 is 12.2 Å². The molecule has 2 aliphatic heterocycles. The molecule has 0 bridgehead atoms. The molecule has 1 unspecified atom stereocenters. The molecule has 0 aromatic rings. The van der Waals surface area contributed by atoms with Gasteiger partial charge in [-0.3, -0.25) is 14.4 Å². The topological polar surface area (TPSA) is 170 Å². The smallest absolute Gasteiger partial charge is 0.410 e. The van der Waals surface area contributed by atoms with E-state index in [4.69, 9.17) is 9.47 Å². The summed E-state index contributed by atoms with van der Waals surface area (Å²) in [6, 6.07) is -1.19. The van der Waals surface area contributed by atoms with Crippen molar-refractivity contribution in [1.29, 1.82) is 5.26 Å². The Morgan fingerprint density at radius 1 is 1.00 bits per heavy atom. The Morgan fingerprint density at radius 3 is 2.10 bits per heavy atom. The van der Waals surface area contributed by atoms with Gasteiger partial charge in [-0.1, -0.05) is 20.8 Å². The molecule has 3 N–H and O–H groups in total. The highest BCUT2D eigenvalue weighted by Crippen LogP contribution is 2.25. The second kappa shape index (κ2) is 13.0. The molecule has 0 spiro atoms. The lowest BCUT2D eigenvalue weighted by molar-refractivity contribution is -0.147. The summed E-state index contributed by atoms with van der Waals surface area (Å²) in [4.78, 5) is 67.8. The first-order valence-electron chi connectivity index (χ1n) is 14.0. The maximum Gasteiger partial charge on any atom is 0.410 e. The van der Waals surface area contributed by atoms with Crippen molar-refractivity contribution < 1.29 is 33.4 Å². The maximum atomic E-state index is 14.0. The molecule has 0 saturated carbocycles. The Bertz CT molecular complexity index is 1050. The zero-order valence-electron chi connectivity index (χ0n) is 25.8.